The van der Waals surface area contributed by atoms with Gasteiger partial charge in [0, 0.05) is 45.5 Å². The van der Waals surface area contributed by atoms with Crippen molar-refractivity contribution in [1.29, 1.82) is 0 Å². The summed E-state index contributed by atoms with van der Waals surface area (Å²) in [7, 11) is 0. The zero-order chi connectivity index (χ0) is 16.8. The van der Waals surface area contributed by atoms with Crippen LogP contribution in [0.5, 0.6) is 0 Å². The molecule has 0 aliphatic carbocycles. The van der Waals surface area contributed by atoms with Crippen molar-refractivity contribution in [2.75, 3.05) is 32.7 Å². The first-order valence-electron chi connectivity index (χ1n) is 8.55. The highest BCUT2D eigenvalue weighted by molar-refractivity contribution is 5.92. The number of benzene rings is 1. The van der Waals surface area contributed by atoms with Gasteiger partial charge < -0.3 is 10.2 Å². The van der Waals surface area contributed by atoms with E-state index < -0.39 is 0 Å². The summed E-state index contributed by atoms with van der Waals surface area (Å²) >= 11 is 0. The molecule has 1 aromatic carbocycles. The highest BCUT2D eigenvalue weighted by Crippen LogP contribution is 2.13. The third-order valence-corrected chi connectivity index (χ3v) is 4.61. The lowest BCUT2D eigenvalue weighted by Gasteiger charge is -2.34. The molecule has 1 fully saturated rings. The molecule has 2 N–H and O–H groups in total. The highest BCUT2D eigenvalue weighted by Gasteiger charge is 2.16. The van der Waals surface area contributed by atoms with Crippen LogP contribution in [-0.2, 0) is 13.1 Å². The fraction of sp³-hybridized carbons (Fsp3) is 0.444. The number of piperazine rings is 1. The van der Waals surface area contributed by atoms with E-state index in [-0.39, 0.29) is 5.91 Å². The van der Waals surface area contributed by atoms with Gasteiger partial charge in [-0.15, -0.1) is 0 Å². The predicted octanol–water partition coefficient (Wildman–Crippen LogP) is 1.48. The van der Waals surface area contributed by atoms with Crippen LogP contribution in [0.3, 0.4) is 0 Å². The minimum absolute atomic E-state index is 0.126. The van der Waals surface area contributed by atoms with Gasteiger partial charge in [-0.2, -0.15) is 5.10 Å². The number of aromatic amines is 1. The van der Waals surface area contributed by atoms with Crippen LogP contribution >= 0.6 is 0 Å². The third-order valence-electron chi connectivity index (χ3n) is 4.61. The zero-order valence-electron chi connectivity index (χ0n) is 14.2. The molecular formula is C18H25N5O. The van der Waals surface area contributed by atoms with Crippen LogP contribution in [0.2, 0.25) is 0 Å². The van der Waals surface area contributed by atoms with Gasteiger partial charge in [-0.05, 0) is 23.7 Å². The molecule has 0 spiro atoms. The van der Waals surface area contributed by atoms with Gasteiger partial charge in [0.1, 0.15) is 5.69 Å². The second kappa shape index (κ2) is 8.08. The second-order valence-electron chi connectivity index (χ2n) is 6.13. The van der Waals surface area contributed by atoms with Gasteiger partial charge in [-0.1, -0.05) is 31.2 Å². The summed E-state index contributed by atoms with van der Waals surface area (Å²) in [6, 6.07) is 10.0. The molecule has 6 heteroatoms. The Morgan fingerprint density at radius 2 is 1.83 bits per heavy atom. The summed E-state index contributed by atoms with van der Waals surface area (Å²) in [6.07, 6.45) is 1.58. The molecule has 0 saturated carbocycles. The Balaban J connectivity index is 1.58. The van der Waals surface area contributed by atoms with Gasteiger partial charge >= 0.3 is 0 Å². The molecular weight excluding hydrogens is 302 g/mol. The molecule has 0 unspecified atom stereocenters. The third kappa shape index (κ3) is 4.21. The Hall–Kier alpha value is -2.18. The van der Waals surface area contributed by atoms with E-state index in [1.54, 1.807) is 12.3 Å². The fourth-order valence-corrected chi connectivity index (χ4v) is 3.04. The first kappa shape index (κ1) is 16.7. The molecule has 1 aromatic heterocycles. The molecule has 1 saturated heterocycles. The number of carbonyl (C=O) groups is 1. The SMILES string of the molecule is CCN1CCN(Cc2ccccc2CNC(=O)c2ccn[nH]2)CC1. The van der Waals surface area contributed by atoms with Crippen molar-refractivity contribution >= 4 is 5.91 Å². The maximum atomic E-state index is 12.1. The minimum Gasteiger partial charge on any atom is -0.347 e. The molecule has 2 aromatic rings. The van der Waals surface area contributed by atoms with Crippen LogP contribution in [0.1, 0.15) is 28.5 Å². The minimum atomic E-state index is -0.126. The van der Waals surface area contributed by atoms with E-state index in [4.69, 9.17) is 0 Å². The number of carbonyl (C=O) groups excluding carboxylic acids is 1. The molecule has 0 atom stereocenters. The first-order chi connectivity index (χ1) is 11.8. The zero-order valence-corrected chi connectivity index (χ0v) is 14.2. The van der Waals surface area contributed by atoms with E-state index in [9.17, 15) is 4.79 Å². The van der Waals surface area contributed by atoms with Crippen molar-refractivity contribution in [2.45, 2.75) is 20.0 Å². The Morgan fingerprint density at radius 3 is 2.50 bits per heavy atom. The van der Waals surface area contributed by atoms with Crippen molar-refractivity contribution in [3.05, 3.63) is 53.3 Å². The van der Waals surface area contributed by atoms with Crippen LogP contribution in [0.4, 0.5) is 0 Å². The van der Waals surface area contributed by atoms with Crippen LogP contribution in [0.25, 0.3) is 0 Å². The van der Waals surface area contributed by atoms with Crippen molar-refractivity contribution in [1.82, 2.24) is 25.3 Å². The lowest BCUT2D eigenvalue weighted by molar-refractivity contribution is 0.0945. The summed E-state index contributed by atoms with van der Waals surface area (Å²) in [4.78, 5) is 17.0. The van der Waals surface area contributed by atoms with Gasteiger partial charge in [0.15, 0.2) is 0 Å². The predicted molar refractivity (Wildman–Crippen MR) is 93.6 cm³/mol. The number of nitrogens with zero attached hydrogens (tertiary/aromatic N) is 3. The summed E-state index contributed by atoms with van der Waals surface area (Å²) in [5.41, 5.74) is 2.94. The number of amides is 1. The average Bonchev–Trinajstić information content (AvgIpc) is 3.16. The Kier molecular flexibility index (Phi) is 5.61. The van der Waals surface area contributed by atoms with E-state index in [2.05, 4.69) is 50.4 Å². The van der Waals surface area contributed by atoms with Crippen LogP contribution in [-0.4, -0.2) is 58.6 Å². The largest absolute Gasteiger partial charge is 0.347 e. The molecule has 6 nitrogen and oxygen atoms in total. The Labute approximate surface area is 142 Å². The molecule has 0 bridgehead atoms. The molecule has 128 valence electrons. The average molecular weight is 327 g/mol. The first-order valence-corrected chi connectivity index (χ1v) is 8.55. The van der Waals surface area contributed by atoms with E-state index >= 15 is 0 Å². The molecule has 3 rings (SSSR count). The lowest BCUT2D eigenvalue weighted by Crippen LogP contribution is -2.45. The fourth-order valence-electron chi connectivity index (χ4n) is 3.04. The lowest BCUT2D eigenvalue weighted by atomic mass is 10.1. The highest BCUT2D eigenvalue weighted by atomic mass is 16.1. The number of nitrogens with one attached hydrogen (secondary N) is 2. The number of hydrogen-bond donors (Lipinski definition) is 2. The van der Waals surface area contributed by atoms with Gasteiger partial charge in [0.25, 0.3) is 5.91 Å². The number of rotatable bonds is 6. The molecule has 0 radical (unpaired) electrons. The van der Waals surface area contributed by atoms with E-state index in [0.717, 1.165) is 39.3 Å². The number of H-pyrrole nitrogens is 1. The van der Waals surface area contributed by atoms with Crippen molar-refractivity contribution in [3.8, 4) is 0 Å². The maximum Gasteiger partial charge on any atom is 0.269 e. The topological polar surface area (TPSA) is 64.3 Å². The monoisotopic (exact) mass is 327 g/mol. The standard InChI is InChI=1S/C18H25N5O/c1-2-22-9-11-23(12-10-22)14-16-6-4-3-5-15(16)13-19-18(24)17-7-8-20-21-17/h3-8H,2,9-14H2,1H3,(H,19,24)(H,20,21). The van der Waals surface area contributed by atoms with E-state index in [1.807, 2.05) is 6.07 Å². The Morgan fingerprint density at radius 1 is 1.12 bits per heavy atom. The molecule has 1 amide bonds. The summed E-state index contributed by atoms with van der Waals surface area (Å²) in [5, 5.41) is 9.46. The molecule has 1 aliphatic rings. The summed E-state index contributed by atoms with van der Waals surface area (Å²) < 4.78 is 0. The van der Waals surface area contributed by atoms with Gasteiger partial charge in [-0.25, -0.2) is 0 Å². The second-order valence-corrected chi connectivity index (χ2v) is 6.13. The van der Waals surface area contributed by atoms with Crippen LogP contribution < -0.4 is 5.32 Å². The van der Waals surface area contributed by atoms with Gasteiger partial charge in [0.2, 0.25) is 0 Å². The summed E-state index contributed by atoms with van der Waals surface area (Å²) in [6.45, 7) is 9.28. The quantitative estimate of drug-likeness (QED) is 0.843. The number of hydrogen-bond acceptors (Lipinski definition) is 4. The number of aromatic nitrogens is 2. The normalized spacial score (nSPS) is 16.2. The molecule has 24 heavy (non-hydrogen) atoms. The molecule has 1 aliphatic heterocycles. The van der Waals surface area contributed by atoms with Crippen LogP contribution in [0.15, 0.2) is 36.5 Å². The van der Waals surface area contributed by atoms with Gasteiger partial charge in [0.05, 0.1) is 0 Å². The number of likely N-dealkylation sites (N-methyl/N-ethyl adjacent to an activating group) is 1. The van der Waals surface area contributed by atoms with E-state index in [1.165, 1.54) is 11.1 Å². The van der Waals surface area contributed by atoms with Crippen LogP contribution in [0, 0.1) is 0 Å². The van der Waals surface area contributed by atoms with Crippen molar-refractivity contribution in [2.24, 2.45) is 0 Å². The maximum absolute atomic E-state index is 12.1. The smallest absolute Gasteiger partial charge is 0.269 e. The van der Waals surface area contributed by atoms with Gasteiger partial charge in [-0.3, -0.25) is 14.8 Å². The summed E-state index contributed by atoms with van der Waals surface area (Å²) in [5.74, 6) is -0.126. The van der Waals surface area contributed by atoms with E-state index in [0.29, 0.717) is 12.2 Å². The van der Waals surface area contributed by atoms with Crippen molar-refractivity contribution < 1.29 is 4.79 Å². The molecule has 2 heterocycles. The van der Waals surface area contributed by atoms with Crippen molar-refractivity contribution in [3.63, 3.8) is 0 Å². The Bertz CT molecular complexity index is 647.